The van der Waals surface area contributed by atoms with Crippen molar-refractivity contribution in [3.63, 3.8) is 0 Å². The second-order valence-corrected chi connectivity index (χ2v) is 8.79. The van der Waals surface area contributed by atoms with E-state index in [4.69, 9.17) is 9.57 Å². The first-order chi connectivity index (χ1) is 9.83. The number of nitrogens with zero attached hydrogens (tertiary/aromatic N) is 2. The van der Waals surface area contributed by atoms with Crippen molar-refractivity contribution in [1.29, 1.82) is 0 Å². The van der Waals surface area contributed by atoms with Crippen LogP contribution in [0.4, 0.5) is 0 Å². The molecule has 0 N–H and O–H groups in total. The first kappa shape index (κ1) is 14.4. The van der Waals surface area contributed by atoms with Crippen LogP contribution in [0.25, 0.3) is 0 Å². The zero-order valence-corrected chi connectivity index (χ0v) is 14.1. The Balaban J connectivity index is 1.68. The lowest BCUT2D eigenvalue weighted by Crippen LogP contribution is -2.64. The highest BCUT2D eigenvalue weighted by Gasteiger charge is 2.64. The van der Waals surface area contributed by atoms with E-state index in [1.54, 1.807) is 0 Å². The number of ether oxygens (including phenoxy) is 1. The first-order valence-corrected chi connectivity index (χ1v) is 8.61. The van der Waals surface area contributed by atoms with E-state index in [2.05, 4.69) is 44.7 Å². The molecule has 0 aromatic carbocycles. The van der Waals surface area contributed by atoms with Gasteiger partial charge in [-0.1, -0.05) is 20.3 Å². The molecule has 3 heterocycles. The molecule has 1 aliphatic carbocycles. The number of hydrogen-bond acceptors (Lipinski definition) is 4. The summed E-state index contributed by atoms with van der Waals surface area (Å²) >= 11 is 0. The van der Waals surface area contributed by atoms with Crippen molar-refractivity contribution < 1.29 is 9.57 Å². The van der Waals surface area contributed by atoms with E-state index in [0.29, 0.717) is 18.1 Å². The van der Waals surface area contributed by atoms with Gasteiger partial charge in [-0.2, -0.15) is 5.06 Å². The SMILES string of the molecule is C[C@@H]1CC[C@@H]2[C@@H](C1)O[C@H]1[C@@H]3N(C)OC[C@]3(C)CN1C2(C)C. The van der Waals surface area contributed by atoms with Crippen molar-refractivity contribution in [2.45, 2.75) is 70.9 Å². The first-order valence-electron chi connectivity index (χ1n) is 8.61. The van der Waals surface area contributed by atoms with Crippen LogP contribution in [0.15, 0.2) is 0 Å². The van der Waals surface area contributed by atoms with Gasteiger partial charge in [-0.15, -0.1) is 0 Å². The molecule has 4 fully saturated rings. The van der Waals surface area contributed by atoms with Crippen molar-refractivity contribution >= 4 is 0 Å². The average molecular weight is 294 g/mol. The highest BCUT2D eigenvalue weighted by Crippen LogP contribution is 2.53. The average Bonchev–Trinajstić information content (AvgIpc) is 2.85. The van der Waals surface area contributed by atoms with Crippen LogP contribution in [0, 0.1) is 17.3 Å². The van der Waals surface area contributed by atoms with E-state index in [-0.39, 0.29) is 17.2 Å². The van der Waals surface area contributed by atoms with Crippen LogP contribution in [-0.2, 0) is 9.57 Å². The molecular weight excluding hydrogens is 264 g/mol. The normalized spacial score (nSPS) is 53.3. The fraction of sp³-hybridized carbons (Fsp3) is 1.00. The van der Waals surface area contributed by atoms with Crippen molar-refractivity contribution in [3.8, 4) is 0 Å². The van der Waals surface area contributed by atoms with E-state index < -0.39 is 0 Å². The van der Waals surface area contributed by atoms with Gasteiger partial charge in [-0.3, -0.25) is 9.74 Å². The molecule has 1 saturated carbocycles. The molecular formula is C17H30N2O2. The Hall–Kier alpha value is -0.160. The summed E-state index contributed by atoms with van der Waals surface area (Å²) in [5.74, 6) is 1.48. The molecule has 4 aliphatic rings. The third-order valence-corrected chi connectivity index (χ3v) is 6.83. The number of hydroxylamine groups is 2. The Labute approximate surface area is 128 Å². The molecule has 4 rings (SSSR count). The molecule has 0 spiro atoms. The van der Waals surface area contributed by atoms with Crippen molar-refractivity contribution in [2.24, 2.45) is 17.3 Å². The monoisotopic (exact) mass is 294 g/mol. The van der Waals surface area contributed by atoms with Crippen molar-refractivity contribution in [3.05, 3.63) is 0 Å². The lowest BCUT2D eigenvalue weighted by molar-refractivity contribution is -0.250. The summed E-state index contributed by atoms with van der Waals surface area (Å²) in [5, 5.41) is 2.06. The number of likely N-dealkylation sites (N-methyl/N-ethyl adjacent to an activating group) is 1. The summed E-state index contributed by atoms with van der Waals surface area (Å²) in [7, 11) is 2.07. The maximum absolute atomic E-state index is 6.67. The third-order valence-electron chi connectivity index (χ3n) is 6.83. The zero-order chi connectivity index (χ0) is 15.0. The smallest absolute Gasteiger partial charge is 0.130 e. The van der Waals surface area contributed by atoms with E-state index in [0.717, 1.165) is 19.1 Å². The molecule has 4 nitrogen and oxygen atoms in total. The molecule has 6 atom stereocenters. The topological polar surface area (TPSA) is 24.9 Å². The van der Waals surface area contributed by atoms with Crippen LogP contribution in [0.1, 0.15) is 47.0 Å². The molecule has 0 amide bonds. The van der Waals surface area contributed by atoms with E-state index in [1.807, 2.05) is 0 Å². The van der Waals surface area contributed by atoms with Gasteiger partial charge >= 0.3 is 0 Å². The predicted octanol–water partition coefficient (Wildman–Crippen LogP) is 2.49. The fourth-order valence-corrected chi connectivity index (χ4v) is 5.53. The lowest BCUT2D eigenvalue weighted by Gasteiger charge is -2.56. The largest absolute Gasteiger partial charge is 0.358 e. The van der Waals surface area contributed by atoms with Gasteiger partial charge in [-0.25, -0.2) is 0 Å². The van der Waals surface area contributed by atoms with Crippen molar-refractivity contribution in [1.82, 2.24) is 9.96 Å². The van der Waals surface area contributed by atoms with Crippen LogP contribution in [0.3, 0.4) is 0 Å². The van der Waals surface area contributed by atoms with Crippen LogP contribution >= 0.6 is 0 Å². The Morgan fingerprint density at radius 2 is 1.90 bits per heavy atom. The molecule has 4 heteroatoms. The quantitative estimate of drug-likeness (QED) is 0.685. The Bertz CT molecular complexity index is 441. The Kier molecular flexibility index (Phi) is 3.05. The minimum absolute atomic E-state index is 0.198. The fourth-order valence-electron chi connectivity index (χ4n) is 5.53. The zero-order valence-electron chi connectivity index (χ0n) is 14.1. The maximum Gasteiger partial charge on any atom is 0.130 e. The van der Waals surface area contributed by atoms with Gasteiger partial charge in [-0.05, 0) is 32.6 Å². The van der Waals surface area contributed by atoms with E-state index >= 15 is 0 Å². The predicted molar refractivity (Wildman–Crippen MR) is 81.6 cm³/mol. The standard InChI is InChI=1S/C17H30N2O2/c1-11-6-7-12-13(8-11)21-15-14-17(4,10-20-18(14)5)9-19(15)16(12,2)3/h11-15H,6-10H2,1-5H3/t11-,12-,13-,14+,15+,17+/m1/s1. The molecule has 3 saturated heterocycles. The summed E-state index contributed by atoms with van der Waals surface area (Å²) in [6.45, 7) is 11.6. The molecule has 0 unspecified atom stereocenters. The molecule has 0 radical (unpaired) electrons. The van der Waals surface area contributed by atoms with Gasteiger partial charge in [0.15, 0.2) is 0 Å². The van der Waals surface area contributed by atoms with Crippen LogP contribution < -0.4 is 0 Å². The summed E-state index contributed by atoms with van der Waals surface area (Å²) in [5.41, 5.74) is 0.442. The highest BCUT2D eigenvalue weighted by molar-refractivity contribution is 5.12. The van der Waals surface area contributed by atoms with Gasteiger partial charge in [0.05, 0.1) is 18.8 Å². The molecule has 120 valence electrons. The molecule has 3 aliphatic heterocycles. The van der Waals surface area contributed by atoms with Gasteiger partial charge < -0.3 is 4.74 Å². The van der Waals surface area contributed by atoms with Crippen LogP contribution in [0.2, 0.25) is 0 Å². The summed E-state index contributed by atoms with van der Waals surface area (Å²) in [6, 6.07) is 0.370. The van der Waals surface area contributed by atoms with Crippen LogP contribution in [0.5, 0.6) is 0 Å². The molecule has 0 aromatic heterocycles. The van der Waals surface area contributed by atoms with Crippen molar-refractivity contribution in [2.75, 3.05) is 20.2 Å². The molecule has 21 heavy (non-hydrogen) atoms. The summed E-state index contributed by atoms with van der Waals surface area (Å²) < 4.78 is 6.67. The number of rotatable bonds is 0. The minimum Gasteiger partial charge on any atom is -0.358 e. The third kappa shape index (κ3) is 1.89. The molecule has 0 bridgehead atoms. The Morgan fingerprint density at radius 1 is 1.14 bits per heavy atom. The van der Waals surface area contributed by atoms with E-state index in [1.165, 1.54) is 19.3 Å². The second-order valence-electron chi connectivity index (χ2n) is 8.79. The molecule has 0 aromatic rings. The van der Waals surface area contributed by atoms with Gasteiger partial charge in [0.25, 0.3) is 0 Å². The second kappa shape index (κ2) is 4.44. The van der Waals surface area contributed by atoms with Crippen LogP contribution in [-0.4, -0.2) is 54.1 Å². The number of hydrogen-bond donors (Lipinski definition) is 0. The lowest BCUT2D eigenvalue weighted by atomic mass is 9.70. The minimum atomic E-state index is 0.198. The maximum atomic E-state index is 6.67. The summed E-state index contributed by atoms with van der Waals surface area (Å²) in [4.78, 5) is 8.47. The number of fused-ring (bicyclic) bond motifs is 4. The van der Waals surface area contributed by atoms with Gasteiger partial charge in [0.2, 0.25) is 0 Å². The van der Waals surface area contributed by atoms with Gasteiger partial charge in [0, 0.05) is 30.5 Å². The summed E-state index contributed by atoms with van der Waals surface area (Å²) in [6.07, 6.45) is 4.53. The van der Waals surface area contributed by atoms with Gasteiger partial charge in [0.1, 0.15) is 6.23 Å². The van der Waals surface area contributed by atoms with E-state index in [9.17, 15) is 0 Å². The highest BCUT2D eigenvalue weighted by atomic mass is 16.7. The Morgan fingerprint density at radius 3 is 2.67 bits per heavy atom.